The molecule has 0 saturated carbocycles. The molecule has 1 unspecified atom stereocenters. The number of nitrogen functional groups attached to an aromatic ring is 1. The van der Waals surface area contributed by atoms with Gasteiger partial charge in [-0.2, -0.15) is 0 Å². The van der Waals surface area contributed by atoms with Gasteiger partial charge in [0.2, 0.25) is 0 Å². The second-order valence-corrected chi connectivity index (χ2v) is 5.39. The smallest absolute Gasteiger partial charge is 0.0314 e. The normalized spacial score (nSPS) is 34.2. The Balaban J connectivity index is 1.80. The first-order valence-corrected chi connectivity index (χ1v) is 6.31. The molecule has 1 aromatic rings. The molecule has 0 amide bonds. The highest BCUT2D eigenvalue weighted by Gasteiger charge is 2.38. The van der Waals surface area contributed by atoms with Crippen LogP contribution >= 0.6 is 0 Å². The average Bonchev–Trinajstić information content (AvgIpc) is 2.54. The predicted octanol–water partition coefficient (Wildman–Crippen LogP) is 2.61. The SMILES string of the molecule is CN1[C@@H]2CC[C@H]1CC(c1ccc(N)cc1)C2. The third kappa shape index (κ3) is 1.61. The second kappa shape index (κ2) is 3.77. The minimum absolute atomic E-state index is 0.759. The van der Waals surface area contributed by atoms with Gasteiger partial charge >= 0.3 is 0 Å². The summed E-state index contributed by atoms with van der Waals surface area (Å²) < 4.78 is 0. The molecule has 2 saturated heterocycles. The Labute approximate surface area is 97.4 Å². The minimum atomic E-state index is 0.759. The summed E-state index contributed by atoms with van der Waals surface area (Å²) in [7, 11) is 2.29. The standard InChI is InChI=1S/C14H20N2/c1-16-13-6-7-14(16)9-11(8-13)10-2-4-12(15)5-3-10/h2-5,11,13-14H,6-9,15H2,1H3/t11?,13-,14+. The van der Waals surface area contributed by atoms with Gasteiger partial charge in [0.25, 0.3) is 0 Å². The zero-order chi connectivity index (χ0) is 11.1. The maximum Gasteiger partial charge on any atom is 0.0314 e. The van der Waals surface area contributed by atoms with Crippen molar-refractivity contribution in [3.63, 3.8) is 0 Å². The molecule has 0 aliphatic carbocycles. The average molecular weight is 216 g/mol. The Morgan fingerprint density at radius 3 is 2.19 bits per heavy atom. The van der Waals surface area contributed by atoms with Gasteiger partial charge in [-0.05, 0) is 56.3 Å². The summed E-state index contributed by atoms with van der Waals surface area (Å²) in [5, 5.41) is 0. The first-order chi connectivity index (χ1) is 7.74. The molecule has 2 nitrogen and oxygen atoms in total. The Morgan fingerprint density at radius 1 is 1.06 bits per heavy atom. The number of hydrogen-bond acceptors (Lipinski definition) is 2. The van der Waals surface area contributed by atoms with Crippen LogP contribution in [0.2, 0.25) is 0 Å². The lowest BCUT2D eigenvalue weighted by atomic mass is 9.85. The molecular formula is C14H20N2. The van der Waals surface area contributed by atoms with Gasteiger partial charge in [0.05, 0.1) is 0 Å². The fraction of sp³-hybridized carbons (Fsp3) is 0.571. The number of rotatable bonds is 1. The molecule has 0 spiro atoms. The number of fused-ring (bicyclic) bond motifs is 2. The highest BCUT2D eigenvalue weighted by Crippen LogP contribution is 2.42. The summed E-state index contributed by atoms with van der Waals surface area (Å²) in [6, 6.07) is 10.1. The molecule has 0 radical (unpaired) electrons. The van der Waals surface area contributed by atoms with E-state index in [2.05, 4.69) is 24.1 Å². The molecule has 2 aliphatic rings. The summed E-state index contributed by atoms with van der Waals surface area (Å²) in [5.74, 6) is 0.759. The summed E-state index contributed by atoms with van der Waals surface area (Å²) in [6.07, 6.45) is 5.45. The van der Waals surface area contributed by atoms with Crippen molar-refractivity contribution in [1.29, 1.82) is 0 Å². The highest BCUT2D eigenvalue weighted by molar-refractivity contribution is 5.40. The molecule has 86 valence electrons. The van der Waals surface area contributed by atoms with Crippen LogP contribution in [0.4, 0.5) is 5.69 Å². The van der Waals surface area contributed by atoms with E-state index in [-0.39, 0.29) is 0 Å². The lowest BCUT2D eigenvalue weighted by molar-refractivity contribution is 0.161. The van der Waals surface area contributed by atoms with Crippen molar-refractivity contribution in [1.82, 2.24) is 4.90 Å². The van der Waals surface area contributed by atoms with Gasteiger partial charge in [-0.1, -0.05) is 12.1 Å². The summed E-state index contributed by atoms with van der Waals surface area (Å²) in [5.41, 5.74) is 8.10. The van der Waals surface area contributed by atoms with Crippen LogP contribution in [0, 0.1) is 0 Å². The first-order valence-electron chi connectivity index (χ1n) is 6.31. The zero-order valence-electron chi connectivity index (χ0n) is 9.89. The van der Waals surface area contributed by atoms with Gasteiger partial charge in [-0.25, -0.2) is 0 Å². The molecule has 3 atom stereocenters. The van der Waals surface area contributed by atoms with E-state index in [4.69, 9.17) is 5.73 Å². The Bertz CT molecular complexity index is 357. The molecule has 1 aromatic carbocycles. The molecule has 0 aromatic heterocycles. The van der Waals surface area contributed by atoms with Crippen molar-refractivity contribution in [2.45, 2.75) is 43.7 Å². The zero-order valence-corrected chi connectivity index (χ0v) is 9.89. The molecule has 2 bridgehead atoms. The lowest BCUT2D eigenvalue weighted by Gasteiger charge is -2.36. The van der Waals surface area contributed by atoms with E-state index in [1.165, 1.54) is 31.2 Å². The van der Waals surface area contributed by atoms with Gasteiger partial charge in [-0.15, -0.1) is 0 Å². The number of benzene rings is 1. The van der Waals surface area contributed by atoms with Gasteiger partial charge < -0.3 is 10.6 Å². The second-order valence-electron chi connectivity index (χ2n) is 5.39. The van der Waals surface area contributed by atoms with Gasteiger partial charge in [0.1, 0.15) is 0 Å². The maximum absolute atomic E-state index is 5.74. The fourth-order valence-corrected chi connectivity index (χ4v) is 3.45. The van der Waals surface area contributed by atoms with E-state index < -0.39 is 0 Å². The Morgan fingerprint density at radius 2 is 1.62 bits per heavy atom. The number of hydrogen-bond donors (Lipinski definition) is 1. The summed E-state index contributed by atoms with van der Waals surface area (Å²) in [4.78, 5) is 2.59. The van der Waals surface area contributed by atoms with E-state index >= 15 is 0 Å². The monoisotopic (exact) mass is 216 g/mol. The predicted molar refractivity (Wildman–Crippen MR) is 67.4 cm³/mol. The molecule has 2 aliphatic heterocycles. The fourth-order valence-electron chi connectivity index (χ4n) is 3.45. The van der Waals surface area contributed by atoms with Crippen LogP contribution < -0.4 is 5.73 Å². The van der Waals surface area contributed by atoms with Crippen molar-refractivity contribution in [3.05, 3.63) is 29.8 Å². The van der Waals surface area contributed by atoms with Crippen molar-refractivity contribution in [2.24, 2.45) is 0 Å². The number of nitrogens with two attached hydrogens (primary N) is 1. The van der Waals surface area contributed by atoms with E-state index in [1.807, 2.05) is 12.1 Å². The van der Waals surface area contributed by atoms with Gasteiger partial charge in [0, 0.05) is 17.8 Å². The molecule has 2 heterocycles. The molecule has 2 N–H and O–H groups in total. The third-order valence-corrected chi connectivity index (χ3v) is 4.51. The van der Waals surface area contributed by atoms with Crippen LogP contribution in [-0.4, -0.2) is 24.0 Å². The molecule has 3 rings (SSSR count). The third-order valence-electron chi connectivity index (χ3n) is 4.51. The minimum Gasteiger partial charge on any atom is -0.399 e. The maximum atomic E-state index is 5.74. The van der Waals surface area contributed by atoms with Crippen LogP contribution in [-0.2, 0) is 0 Å². The number of anilines is 1. The van der Waals surface area contributed by atoms with Crippen LogP contribution in [0.1, 0.15) is 37.2 Å². The Kier molecular flexibility index (Phi) is 2.40. The van der Waals surface area contributed by atoms with Crippen LogP contribution in [0.25, 0.3) is 0 Å². The highest BCUT2D eigenvalue weighted by atomic mass is 15.2. The van der Waals surface area contributed by atoms with E-state index in [0.29, 0.717) is 0 Å². The van der Waals surface area contributed by atoms with Gasteiger partial charge in [0.15, 0.2) is 0 Å². The lowest BCUT2D eigenvalue weighted by Crippen LogP contribution is -2.39. The molecule has 2 heteroatoms. The van der Waals surface area contributed by atoms with E-state index in [9.17, 15) is 0 Å². The van der Waals surface area contributed by atoms with E-state index in [0.717, 1.165) is 23.7 Å². The largest absolute Gasteiger partial charge is 0.399 e. The van der Waals surface area contributed by atoms with Crippen molar-refractivity contribution < 1.29 is 0 Å². The van der Waals surface area contributed by atoms with E-state index in [1.54, 1.807) is 0 Å². The quantitative estimate of drug-likeness (QED) is 0.731. The van der Waals surface area contributed by atoms with Crippen LogP contribution in [0.5, 0.6) is 0 Å². The molecular weight excluding hydrogens is 196 g/mol. The Hall–Kier alpha value is -1.02. The molecule has 16 heavy (non-hydrogen) atoms. The number of nitrogens with zero attached hydrogens (tertiary/aromatic N) is 1. The number of piperidine rings is 1. The van der Waals surface area contributed by atoms with Crippen molar-refractivity contribution in [2.75, 3.05) is 12.8 Å². The van der Waals surface area contributed by atoms with Gasteiger partial charge in [-0.3, -0.25) is 0 Å². The van der Waals surface area contributed by atoms with Crippen molar-refractivity contribution in [3.8, 4) is 0 Å². The summed E-state index contributed by atoms with van der Waals surface area (Å²) >= 11 is 0. The van der Waals surface area contributed by atoms with Crippen LogP contribution in [0.15, 0.2) is 24.3 Å². The summed E-state index contributed by atoms with van der Waals surface area (Å²) in [6.45, 7) is 0. The molecule has 2 fully saturated rings. The first kappa shape index (κ1) is 10.2. The van der Waals surface area contributed by atoms with Crippen LogP contribution in [0.3, 0.4) is 0 Å². The topological polar surface area (TPSA) is 29.3 Å². The van der Waals surface area contributed by atoms with Crippen molar-refractivity contribution >= 4 is 5.69 Å².